The Morgan fingerprint density at radius 2 is 1.64 bits per heavy atom. The van der Waals surface area contributed by atoms with Gasteiger partial charge in [-0.3, -0.25) is 4.99 Å². The maximum Gasteiger partial charge on any atom is 0.193 e. The van der Waals surface area contributed by atoms with Gasteiger partial charge >= 0.3 is 0 Å². The van der Waals surface area contributed by atoms with Crippen LogP contribution in [-0.4, -0.2) is 52.3 Å². The van der Waals surface area contributed by atoms with Crippen LogP contribution in [0.15, 0.2) is 53.5 Å². The Hall–Kier alpha value is -2.00. The predicted octanol–water partition coefficient (Wildman–Crippen LogP) is 3.58. The van der Waals surface area contributed by atoms with Gasteiger partial charge in [0.2, 0.25) is 0 Å². The first kappa shape index (κ1) is 24.0. The SMILES string of the molecule is CN=C(NCc1ccc(NCCOC)cc1)N(C)Cc1ccc(OC)cc1.I. The van der Waals surface area contributed by atoms with Crippen LogP contribution in [0.1, 0.15) is 11.1 Å². The summed E-state index contributed by atoms with van der Waals surface area (Å²) in [6.07, 6.45) is 0. The number of anilines is 1. The molecule has 0 aliphatic rings. The highest BCUT2D eigenvalue weighted by Crippen LogP contribution is 2.13. The van der Waals surface area contributed by atoms with Crippen molar-refractivity contribution < 1.29 is 9.47 Å². The van der Waals surface area contributed by atoms with E-state index >= 15 is 0 Å². The summed E-state index contributed by atoms with van der Waals surface area (Å²) >= 11 is 0. The fourth-order valence-electron chi connectivity index (χ4n) is 2.68. The minimum absolute atomic E-state index is 0. The normalized spacial score (nSPS) is 10.8. The molecule has 0 unspecified atom stereocenters. The van der Waals surface area contributed by atoms with Gasteiger partial charge in [-0.2, -0.15) is 0 Å². The van der Waals surface area contributed by atoms with E-state index in [-0.39, 0.29) is 24.0 Å². The third-order valence-electron chi connectivity index (χ3n) is 4.19. The Labute approximate surface area is 185 Å². The van der Waals surface area contributed by atoms with Gasteiger partial charge in [0.15, 0.2) is 5.96 Å². The lowest BCUT2D eigenvalue weighted by molar-refractivity contribution is 0.211. The first-order chi connectivity index (χ1) is 13.2. The second-order valence-electron chi connectivity index (χ2n) is 6.22. The predicted molar refractivity (Wildman–Crippen MR) is 127 cm³/mol. The molecule has 0 aliphatic carbocycles. The second kappa shape index (κ2) is 13.2. The van der Waals surface area contributed by atoms with Crippen molar-refractivity contribution in [3.63, 3.8) is 0 Å². The van der Waals surface area contributed by atoms with Gasteiger partial charge in [-0.05, 0) is 35.4 Å². The molecule has 2 aromatic rings. The topological polar surface area (TPSA) is 58.1 Å². The van der Waals surface area contributed by atoms with E-state index in [1.165, 1.54) is 11.1 Å². The van der Waals surface area contributed by atoms with Gasteiger partial charge in [0, 0.05) is 46.5 Å². The summed E-state index contributed by atoms with van der Waals surface area (Å²) in [4.78, 5) is 6.48. The quantitative estimate of drug-likeness (QED) is 0.240. The average molecular weight is 498 g/mol. The lowest BCUT2D eigenvalue weighted by Crippen LogP contribution is -2.38. The molecule has 0 saturated carbocycles. The molecular formula is C21H31IN4O2. The van der Waals surface area contributed by atoms with Crippen LogP contribution in [0, 0.1) is 0 Å². The molecule has 0 spiro atoms. The zero-order valence-electron chi connectivity index (χ0n) is 17.1. The Morgan fingerprint density at radius 1 is 1.00 bits per heavy atom. The monoisotopic (exact) mass is 498 g/mol. The molecule has 7 heteroatoms. The van der Waals surface area contributed by atoms with E-state index in [1.807, 2.05) is 19.2 Å². The van der Waals surface area contributed by atoms with Gasteiger partial charge < -0.3 is 25.0 Å². The van der Waals surface area contributed by atoms with Crippen LogP contribution in [-0.2, 0) is 17.8 Å². The van der Waals surface area contributed by atoms with Crippen LogP contribution >= 0.6 is 24.0 Å². The first-order valence-corrected chi connectivity index (χ1v) is 9.02. The van der Waals surface area contributed by atoms with Crippen molar-refractivity contribution in [1.29, 1.82) is 0 Å². The Bertz CT molecular complexity index is 705. The number of guanidine groups is 1. The largest absolute Gasteiger partial charge is 0.497 e. The van der Waals surface area contributed by atoms with Crippen LogP contribution < -0.4 is 15.4 Å². The van der Waals surface area contributed by atoms with E-state index in [1.54, 1.807) is 21.3 Å². The van der Waals surface area contributed by atoms with Crippen LogP contribution in [0.4, 0.5) is 5.69 Å². The summed E-state index contributed by atoms with van der Waals surface area (Å²) < 4.78 is 10.3. The molecule has 28 heavy (non-hydrogen) atoms. The molecule has 0 atom stereocenters. The number of benzene rings is 2. The number of nitrogens with one attached hydrogen (secondary N) is 2. The molecule has 0 radical (unpaired) electrons. The molecule has 2 rings (SSSR count). The van der Waals surface area contributed by atoms with E-state index in [4.69, 9.17) is 9.47 Å². The number of aliphatic imine (C=N–C) groups is 1. The number of hydrogen-bond acceptors (Lipinski definition) is 4. The molecule has 0 aromatic heterocycles. The number of ether oxygens (including phenoxy) is 2. The summed E-state index contributed by atoms with van der Waals surface area (Å²) in [6, 6.07) is 16.5. The third kappa shape index (κ3) is 7.93. The second-order valence-corrected chi connectivity index (χ2v) is 6.22. The molecular weight excluding hydrogens is 467 g/mol. The third-order valence-corrected chi connectivity index (χ3v) is 4.19. The van der Waals surface area contributed by atoms with Crippen molar-refractivity contribution in [1.82, 2.24) is 10.2 Å². The van der Waals surface area contributed by atoms with Gasteiger partial charge in [-0.1, -0.05) is 24.3 Å². The van der Waals surface area contributed by atoms with Gasteiger partial charge in [0.1, 0.15) is 5.75 Å². The highest BCUT2D eigenvalue weighted by atomic mass is 127. The molecule has 2 N–H and O–H groups in total. The van der Waals surface area contributed by atoms with Crippen molar-refractivity contribution in [2.75, 3.05) is 46.8 Å². The molecule has 0 fully saturated rings. The van der Waals surface area contributed by atoms with Gasteiger partial charge in [-0.15, -0.1) is 24.0 Å². The minimum atomic E-state index is 0. The molecule has 6 nitrogen and oxygen atoms in total. The maximum atomic E-state index is 5.21. The number of methoxy groups -OCH3 is 2. The fraction of sp³-hybridized carbons (Fsp3) is 0.381. The Balaban J connectivity index is 0.00000392. The summed E-state index contributed by atoms with van der Waals surface area (Å²) in [5.41, 5.74) is 3.50. The molecule has 2 aromatic carbocycles. The summed E-state index contributed by atoms with van der Waals surface area (Å²) in [5, 5.41) is 6.73. The standard InChI is InChI=1S/C21H30N4O2.HI/c1-22-21(25(2)16-18-7-11-20(27-4)12-8-18)24-15-17-5-9-19(10-6-17)23-13-14-26-3;/h5-12,23H,13-16H2,1-4H3,(H,22,24);1H. The maximum absolute atomic E-state index is 5.21. The number of nitrogens with zero attached hydrogens (tertiary/aromatic N) is 2. The lowest BCUT2D eigenvalue weighted by atomic mass is 10.2. The van der Waals surface area contributed by atoms with Crippen molar-refractivity contribution in [2.24, 2.45) is 4.99 Å². The van der Waals surface area contributed by atoms with Gasteiger partial charge in [0.25, 0.3) is 0 Å². The Kier molecular flexibility index (Phi) is 11.4. The smallest absolute Gasteiger partial charge is 0.193 e. The average Bonchev–Trinajstić information content (AvgIpc) is 2.70. The fourth-order valence-corrected chi connectivity index (χ4v) is 2.68. The van der Waals surface area contributed by atoms with E-state index in [9.17, 15) is 0 Å². The zero-order valence-corrected chi connectivity index (χ0v) is 19.4. The van der Waals surface area contributed by atoms with Crippen LogP contribution in [0.25, 0.3) is 0 Å². The molecule has 0 aliphatic heterocycles. The van der Waals surface area contributed by atoms with Gasteiger partial charge in [-0.25, -0.2) is 0 Å². The lowest BCUT2D eigenvalue weighted by Gasteiger charge is -2.22. The van der Waals surface area contributed by atoms with E-state index in [0.717, 1.165) is 37.0 Å². The summed E-state index contributed by atoms with van der Waals surface area (Å²) in [6.45, 7) is 2.99. The number of halogens is 1. The van der Waals surface area contributed by atoms with Crippen molar-refractivity contribution in [3.8, 4) is 5.75 Å². The van der Waals surface area contributed by atoms with Crippen LogP contribution in [0.3, 0.4) is 0 Å². The number of rotatable bonds is 9. The minimum Gasteiger partial charge on any atom is -0.497 e. The molecule has 0 amide bonds. The zero-order chi connectivity index (χ0) is 19.5. The summed E-state index contributed by atoms with van der Waals surface area (Å²) in [5.74, 6) is 1.72. The molecule has 0 saturated heterocycles. The molecule has 154 valence electrons. The molecule has 0 bridgehead atoms. The van der Waals surface area contributed by atoms with E-state index in [2.05, 4.69) is 56.9 Å². The highest BCUT2D eigenvalue weighted by molar-refractivity contribution is 14.0. The van der Waals surface area contributed by atoms with Crippen molar-refractivity contribution in [3.05, 3.63) is 59.7 Å². The van der Waals surface area contributed by atoms with Crippen LogP contribution in [0.2, 0.25) is 0 Å². The van der Waals surface area contributed by atoms with Gasteiger partial charge in [0.05, 0.1) is 13.7 Å². The Morgan fingerprint density at radius 3 is 2.21 bits per heavy atom. The van der Waals surface area contributed by atoms with Crippen LogP contribution in [0.5, 0.6) is 5.75 Å². The van der Waals surface area contributed by atoms with Crippen molar-refractivity contribution >= 4 is 35.6 Å². The van der Waals surface area contributed by atoms with E-state index in [0.29, 0.717) is 6.61 Å². The first-order valence-electron chi connectivity index (χ1n) is 9.02. The number of hydrogen-bond donors (Lipinski definition) is 2. The summed E-state index contributed by atoms with van der Waals surface area (Å²) in [7, 11) is 7.21. The van der Waals surface area contributed by atoms with E-state index < -0.39 is 0 Å². The highest BCUT2D eigenvalue weighted by Gasteiger charge is 2.07. The van der Waals surface area contributed by atoms with Crippen molar-refractivity contribution in [2.45, 2.75) is 13.1 Å². The molecule has 0 heterocycles.